The number of amides is 4. The fourth-order valence-electron chi connectivity index (χ4n) is 5.68. The highest BCUT2D eigenvalue weighted by molar-refractivity contribution is 6.09. The average Bonchev–Trinajstić information content (AvgIpc) is 3.04. The lowest BCUT2D eigenvalue weighted by Crippen LogP contribution is -2.51. The number of nitrogens with zero attached hydrogens (tertiary/aromatic N) is 2. The molecular formula is C26H38N4O3. The van der Waals surface area contributed by atoms with Gasteiger partial charge in [-0.25, -0.2) is 4.79 Å². The van der Waals surface area contributed by atoms with Gasteiger partial charge in [0.05, 0.1) is 0 Å². The first-order valence-corrected chi connectivity index (χ1v) is 12.5. The van der Waals surface area contributed by atoms with Gasteiger partial charge < -0.3 is 15.5 Å². The third-order valence-corrected chi connectivity index (χ3v) is 8.38. The smallest absolute Gasteiger partial charge is 0.325 e. The van der Waals surface area contributed by atoms with E-state index in [1.54, 1.807) is 0 Å². The lowest BCUT2D eigenvalue weighted by Gasteiger charge is -2.42. The molecule has 1 saturated carbocycles. The van der Waals surface area contributed by atoms with Crippen molar-refractivity contribution in [3.63, 3.8) is 0 Å². The summed E-state index contributed by atoms with van der Waals surface area (Å²) in [6, 6.07) is 9.91. The second kappa shape index (κ2) is 9.35. The van der Waals surface area contributed by atoms with E-state index in [2.05, 4.69) is 48.4 Å². The van der Waals surface area contributed by atoms with Crippen LogP contribution in [0.15, 0.2) is 30.3 Å². The molecule has 180 valence electrons. The molecule has 0 radical (unpaired) electrons. The number of imide groups is 1. The van der Waals surface area contributed by atoms with Gasteiger partial charge in [0.15, 0.2) is 0 Å². The minimum Gasteiger partial charge on any atom is -0.371 e. The van der Waals surface area contributed by atoms with Crippen molar-refractivity contribution in [3.8, 4) is 0 Å². The Morgan fingerprint density at radius 1 is 1.09 bits per heavy atom. The highest BCUT2D eigenvalue weighted by Crippen LogP contribution is 2.45. The van der Waals surface area contributed by atoms with Crippen LogP contribution >= 0.6 is 0 Å². The van der Waals surface area contributed by atoms with Gasteiger partial charge in [0.1, 0.15) is 12.1 Å². The third-order valence-electron chi connectivity index (χ3n) is 8.38. The van der Waals surface area contributed by atoms with E-state index in [4.69, 9.17) is 0 Å². The van der Waals surface area contributed by atoms with Crippen LogP contribution in [0, 0.1) is 11.3 Å². The molecule has 4 rings (SSSR count). The Kier molecular flexibility index (Phi) is 6.68. The summed E-state index contributed by atoms with van der Waals surface area (Å²) in [7, 11) is 0. The quantitative estimate of drug-likeness (QED) is 0.643. The molecule has 7 heteroatoms. The SMILES string of the molecule is CCC(C)(C)C1CCC2(CC1)NC(=O)N(CC(=O)NC1CCN(c3ccccc3)CC1)C2=O. The fourth-order valence-corrected chi connectivity index (χ4v) is 5.68. The van der Waals surface area contributed by atoms with E-state index in [0.29, 0.717) is 18.8 Å². The Balaban J connectivity index is 1.28. The van der Waals surface area contributed by atoms with Gasteiger partial charge in [-0.2, -0.15) is 0 Å². The Morgan fingerprint density at radius 2 is 1.73 bits per heavy atom. The van der Waals surface area contributed by atoms with E-state index in [-0.39, 0.29) is 29.8 Å². The normalized spacial score (nSPS) is 26.6. The van der Waals surface area contributed by atoms with Crippen molar-refractivity contribution >= 4 is 23.5 Å². The monoisotopic (exact) mass is 454 g/mol. The molecule has 0 atom stereocenters. The third kappa shape index (κ3) is 4.87. The predicted octanol–water partition coefficient (Wildman–Crippen LogP) is 3.69. The predicted molar refractivity (Wildman–Crippen MR) is 129 cm³/mol. The highest BCUT2D eigenvalue weighted by atomic mass is 16.2. The Labute approximate surface area is 197 Å². The second-order valence-electron chi connectivity index (χ2n) is 10.7. The zero-order valence-electron chi connectivity index (χ0n) is 20.2. The van der Waals surface area contributed by atoms with Gasteiger partial charge in [0.25, 0.3) is 5.91 Å². The number of rotatable bonds is 6. The number of anilines is 1. The number of piperidine rings is 1. The highest BCUT2D eigenvalue weighted by Gasteiger charge is 2.53. The number of carbonyl (C=O) groups is 3. The number of nitrogens with one attached hydrogen (secondary N) is 2. The van der Waals surface area contributed by atoms with Gasteiger partial charge in [-0.15, -0.1) is 0 Å². The zero-order valence-corrected chi connectivity index (χ0v) is 20.2. The molecule has 2 N–H and O–H groups in total. The number of carbonyl (C=O) groups excluding carboxylic acids is 3. The van der Waals surface area contributed by atoms with E-state index in [1.165, 1.54) is 5.69 Å². The molecule has 1 aromatic carbocycles. The first kappa shape index (κ1) is 23.6. The summed E-state index contributed by atoms with van der Waals surface area (Å²) in [6.07, 6.45) is 5.95. The lowest BCUT2D eigenvalue weighted by atomic mass is 9.65. The van der Waals surface area contributed by atoms with E-state index in [0.717, 1.165) is 50.1 Å². The zero-order chi connectivity index (χ0) is 23.6. The molecule has 7 nitrogen and oxygen atoms in total. The molecule has 1 spiro atoms. The number of hydrogen-bond acceptors (Lipinski definition) is 4. The minimum absolute atomic E-state index is 0.0684. The van der Waals surface area contributed by atoms with Crippen LogP contribution < -0.4 is 15.5 Å². The van der Waals surface area contributed by atoms with Gasteiger partial charge in [-0.1, -0.05) is 45.4 Å². The van der Waals surface area contributed by atoms with Crippen LogP contribution in [0.5, 0.6) is 0 Å². The Morgan fingerprint density at radius 3 is 2.33 bits per heavy atom. The van der Waals surface area contributed by atoms with E-state index in [9.17, 15) is 14.4 Å². The molecule has 3 aliphatic rings. The van der Waals surface area contributed by atoms with Crippen molar-refractivity contribution in [2.75, 3.05) is 24.5 Å². The Hall–Kier alpha value is -2.57. The second-order valence-corrected chi connectivity index (χ2v) is 10.7. The van der Waals surface area contributed by atoms with Crippen molar-refractivity contribution < 1.29 is 14.4 Å². The summed E-state index contributed by atoms with van der Waals surface area (Å²) in [6.45, 7) is 8.32. The largest absolute Gasteiger partial charge is 0.371 e. The van der Waals surface area contributed by atoms with Gasteiger partial charge in [-0.3, -0.25) is 14.5 Å². The molecule has 1 aromatic rings. The first-order chi connectivity index (χ1) is 15.7. The molecule has 0 bridgehead atoms. The molecule has 0 unspecified atom stereocenters. The molecule has 2 saturated heterocycles. The molecular weight excluding hydrogens is 416 g/mol. The first-order valence-electron chi connectivity index (χ1n) is 12.5. The number of urea groups is 1. The fraction of sp³-hybridized carbons (Fsp3) is 0.654. The van der Waals surface area contributed by atoms with Crippen molar-refractivity contribution in [1.82, 2.24) is 15.5 Å². The molecule has 0 aromatic heterocycles. The standard InChI is InChI=1S/C26H38N4O3/c1-4-25(2,3)19-10-14-26(15-11-19)23(32)30(24(33)28-26)18-22(31)27-20-12-16-29(17-13-20)21-8-6-5-7-9-21/h5-9,19-20H,4,10-18H2,1-3H3,(H,27,31)(H,28,33). The average molecular weight is 455 g/mol. The van der Waals surface area contributed by atoms with E-state index in [1.807, 2.05) is 18.2 Å². The Bertz CT molecular complexity index is 869. The van der Waals surface area contributed by atoms with Gasteiger partial charge in [0, 0.05) is 24.8 Å². The van der Waals surface area contributed by atoms with Crippen LogP contribution in [0.1, 0.15) is 65.7 Å². The number of para-hydroxylation sites is 1. The lowest BCUT2D eigenvalue weighted by molar-refractivity contribution is -0.136. The van der Waals surface area contributed by atoms with Crippen LogP contribution in [0.2, 0.25) is 0 Å². The number of hydrogen-bond donors (Lipinski definition) is 2. The maximum Gasteiger partial charge on any atom is 0.325 e. The molecule has 4 amide bonds. The summed E-state index contributed by atoms with van der Waals surface area (Å²) >= 11 is 0. The molecule has 3 fully saturated rings. The van der Waals surface area contributed by atoms with Crippen LogP contribution in [0.25, 0.3) is 0 Å². The molecule has 33 heavy (non-hydrogen) atoms. The van der Waals surface area contributed by atoms with Crippen molar-refractivity contribution in [2.45, 2.75) is 77.3 Å². The van der Waals surface area contributed by atoms with E-state index >= 15 is 0 Å². The molecule has 2 aliphatic heterocycles. The minimum atomic E-state index is -0.821. The van der Waals surface area contributed by atoms with Crippen LogP contribution in [-0.2, 0) is 9.59 Å². The van der Waals surface area contributed by atoms with Crippen molar-refractivity contribution in [2.24, 2.45) is 11.3 Å². The summed E-state index contributed by atoms with van der Waals surface area (Å²) in [4.78, 5) is 42.0. The summed E-state index contributed by atoms with van der Waals surface area (Å²) < 4.78 is 0. The summed E-state index contributed by atoms with van der Waals surface area (Å²) in [5.41, 5.74) is 0.616. The molecule has 2 heterocycles. The maximum absolute atomic E-state index is 13.2. The van der Waals surface area contributed by atoms with Crippen LogP contribution in [0.3, 0.4) is 0 Å². The summed E-state index contributed by atoms with van der Waals surface area (Å²) in [5, 5.41) is 5.99. The topological polar surface area (TPSA) is 81.8 Å². The van der Waals surface area contributed by atoms with Crippen LogP contribution in [0.4, 0.5) is 10.5 Å². The van der Waals surface area contributed by atoms with Gasteiger partial charge in [0.2, 0.25) is 5.91 Å². The van der Waals surface area contributed by atoms with Gasteiger partial charge in [-0.05, 0) is 62.0 Å². The van der Waals surface area contributed by atoms with Crippen LogP contribution in [-0.4, -0.2) is 54.0 Å². The molecule has 1 aliphatic carbocycles. The maximum atomic E-state index is 13.2. The van der Waals surface area contributed by atoms with Crippen molar-refractivity contribution in [1.29, 1.82) is 0 Å². The summed E-state index contributed by atoms with van der Waals surface area (Å²) in [5.74, 6) is 0.0701. The number of benzene rings is 1. The van der Waals surface area contributed by atoms with E-state index < -0.39 is 11.6 Å². The van der Waals surface area contributed by atoms with Gasteiger partial charge >= 0.3 is 6.03 Å². The van der Waals surface area contributed by atoms with Crippen molar-refractivity contribution in [3.05, 3.63) is 30.3 Å².